The van der Waals surface area contributed by atoms with E-state index in [4.69, 9.17) is 0 Å². The zero-order valence-corrected chi connectivity index (χ0v) is 7.50. The van der Waals surface area contributed by atoms with Gasteiger partial charge in [-0.15, -0.1) is 0 Å². The molecule has 3 nitrogen and oxygen atoms in total. The van der Waals surface area contributed by atoms with E-state index in [9.17, 15) is 13.5 Å². The van der Waals surface area contributed by atoms with Gasteiger partial charge in [-0.25, -0.2) is 8.42 Å². The van der Waals surface area contributed by atoms with E-state index in [1.54, 1.807) is 0 Å². The second-order valence-corrected chi connectivity index (χ2v) is 6.68. The molecule has 4 heteroatoms. The molecule has 2 aliphatic carbocycles. The lowest BCUT2D eigenvalue weighted by atomic mass is 9.88. The van der Waals surface area contributed by atoms with E-state index in [0.717, 1.165) is 12.8 Å². The second kappa shape index (κ2) is 1.87. The van der Waals surface area contributed by atoms with E-state index in [1.807, 2.05) is 0 Å². The molecule has 12 heavy (non-hydrogen) atoms. The molecule has 0 amide bonds. The lowest BCUT2D eigenvalue weighted by Crippen LogP contribution is -2.29. The number of sulfone groups is 1. The third kappa shape index (κ3) is 0.646. The second-order valence-electron chi connectivity index (χ2n) is 4.42. The predicted molar refractivity (Wildman–Crippen MR) is 43.3 cm³/mol. The smallest absolute Gasteiger partial charge is 0.153 e. The number of aliphatic hydroxyl groups is 1. The van der Waals surface area contributed by atoms with Gasteiger partial charge in [-0.2, -0.15) is 0 Å². The molecule has 0 aromatic heterocycles. The van der Waals surface area contributed by atoms with Crippen LogP contribution >= 0.6 is 0 Å². The van der Waals surface area contributed by atoms with Crippen LogP contribution in [0.4, 0.5) is 0 Å². The quantitative estimate of drug-likeness (QED) is 0.573. The molecule has 68 valence electrons. The van der Waals surface area contributed by atoms with Gasteiger partial charge in [0.15, 0.2) is 9.84 Å². The summed E-state index contributed by atoms with van der Waals surface area (Å²) in [6.07, 6.45) is 1.36. The van der Waals surface area contributed by atoms with Gasteiger partial charge in [0.2, 0.25) is 0 Å². The third-order valence-electron chi connectivity index (χ3n) is 3.95. The Hall–Kier alpha value is -0.0900. The van der Waals surface area contributed by atoms with Crippen LogP contribution in [0.2, 0.25) is 0 Å². The lowest BCUT2D eigenvalue weighted by Gasteiger charge is -2.21. The minimum Gasteiger partial charge on any atom is -0.393 e. The van der Waals surface area contributed by atoms with E-state index in [0.29, 0.717) is 11.8 Å². The fourth-order valence-corrected chi connectivity index (χ4v) is 6.04. The zero-order chi connectivity index (χ0) is 8.51. The molecule has 2 saturated carbocycles. The van der Waals surface area contributed by atoms with Gasteiger partial charge >= 0.3 is 0 Å². The average molecular weight is 188 g/mol. The van der Waals surface area contributed by atoms with Crippen molar-refractivity contribution in [2.24, 2.45) is 17.8 Å². The Bertz CT molecular complexity index is 321. The molecule has 5 unspecified atom stereocenters. The van der Waals surface area contributed by atoms with Crippen molar-refractivity contribution >= 4 is 9.84 Å². The highest BCUT2D eigenvalue weighted by molar-refractivity contribution is 7.92. The number of hydrogen-bond acceptors (Lipinski definition) is 3. The number of hydrogen-bond donors (Lipinski definition) is 1. The zero-order valence-electron chi connectivity index (χ0n) is 6.68. The Morgan fingerprint density at radius 2 is 1.92 bits per heavy atom. The standard InChI is InChI=1S/C8H12O3S/c9-8-4-1-5-6(8)3-12(10,11)7(5)2-4/h4-9H,1-3H2. The average Bonchev–Trinajstić information content (AvgIpc) is 2.54. The van der Waals surface area contributed by atoms with E-state index < -0.39 is 9.84 Å². The van der Waals surface area contributed by atoms with Crippen molar-refractivity contribution in [2.45, 2.75) is 24.2 Å². The molecule has 0 spiro atoms. The largest absolute Gasteiger partial charge is 0.393 e. The van der Waals surface area contributed by atoms with Crippen molar-refractivity contribution in [1.29, 1.82) is 0 Å². The van der Waals surface area contributed by atoms with Crippen LogP contribution in [-0.4, -0.2) is 30.6 Å². The minimum absolute atomic E-state index is 0.0822. The summed E-state index contributed by atoms with van der Waals surface area (Å²) in [6.45, 7) is 0. The minimum atomic E-state index is -2.82. The summed E-state index contributed by atoms with van der Waals surface area (Å²) in [7, 11) is -2.82. The summed E-state index contributed by atoms with van der Waals surface area (Å²) in [5.74, 6) is 0.927. The number of rotatable bonds is 0. The summed E-state index contributed by atoms with van der Waals surface area (Å²) in [5.41, 5.74) is 0. The van der Waals surface area contributed by atoms with E-state index >= 15 is 0 Å². The first kappa shape index (κ1) is 7.33. The Morgan fingerprint density at radius 1 is 1.17 bits per heavy atom. The highest BCUT2D eigenvalue weighted by Crippen LogP contribution is 2.56. The molecule has 0 aromatic rings. The van der Waals surface area contributed by atoms with Crippen molar-refractivity contribution in [3.05, 3.63) is 0 Å². The van der Waals surface area contributed by atoms with Crippen molar-refractivity contribution in [2.75, 3.05) is 5.75 Å². The van der Waals surface area contributed by atoms with Gasteiger partial charge in [-0.3, -0.25) is 0 Å². The van der Waals surface area contributed by atoms with Crippen molar-refractivity contribution in [3.8, 4) is 0 Å². The Labute approximate surface area is 71.7 Å². The summed E-state index contributed by atoms with van der Waals surface area (Å²) >= 11 is 0. The van der Waals surface area contributed by atoms with Gasteiger partial charge in [0.25, 0.3) is 0 Å². The van der Waals surface area contributed by atoms with Gasteiger partial charge in [-0.05, 0) is 24.7 Å². The normalized spacial score (nSPS) is 59.6. The summed E-state index contributed by atoms with van der Waals surface area (Å²) < 4.78 is 23.0. The highest BCUT2D eigenvalue weighted by Gasteiger charge is 2.61. The molecule has 1 aliphatic heterocycles. The highest BCUT2D eigenvalue weighted by atomic mass is 32.2. The first-order valence-corrected chi connectivity index (χ1v) is 6.21. The lowest BCUT2D eigenvalue weighted by molar-refractivity contribution is 0.0772. The van der Waals surface area contributed by atoms with Crippen LogP contribution in [0, 0.1) is 17.8 Å². The van der Waals surface area contributed by atoms with Crippen molar-refractivity contribution in [3.63, 3.8) is 0 Å². The Kier molecular flexibility index (Phi) is 1.14. The molecule has 1 saturated heterocycles. The van der Waals surface area contributed by atoms with Gasteiger partial charge in [0.05, 0.1) is 17.1 Å². The number of aliphatic hydroxyl groups excluding tert-OH is 1. The maximum absolute atomic E-state index is 11.5. The fraction of sp³-hybridized carbons (Fsp3) is 1.00. The summed E-state index contributed by atoms with van der Waals surface area (Å²) in [6, 6.07) is 0. The van der Waals surface area contributed by atoms with Gasteiger partial charge in [0, 0.05) is 5.92 Å². The van der Waals surface area contributed by atoms with Crippen LogP contribution in [0.25, 0.3) is 0 Å². The molecular formula is C8H12O3S. The van der Waals surface area contributed by atoms with Crippen LogP contribution in [-0.2, 0) is 9.84 Å². The Balaban J connectivity index is 2.11. The van der Waals surface area contributed by atoms with Crippen LogP contribution in [0.5, 0.6) is 0 Å². The van der Waals surface area contributed by atoms with E-state index in [1.165, 1.54) is 0 Å². The topological polar surface area (TPSA) is 54.4 Å². The third-order valence-corrected chi connectivity index (χ3v) is 6.26. The van der Waals surface area contributed by atoms with Gasteiger partial charge < -0.3 is 5.11 Å². The van der Waals surface area contributed by atoms with Crippen molar-refractivity contribution in [1.82, 2.24) is 0 Å². The first-order chi connectivity index (χ1) is 5.59. The monoisotopic (exact) mass is 188 g/mol. The van der Waals surface area contributed by atoms with Crippen LogP contribution < -0.4 is 0 Å². The van der Waals surface area contributed by atoms with E-state index in [2.05, 4.69) is 0 Å². The van der Waals surface area contributed by atoms with E-state index in [-0.39, 0.29) is 23.0 Å². The van der Waals surface area contributed by atoms with Crippen LogP contribution in [0.15, 0.2) is 0 Å². The SMILES string of the molecule is O=S1(=O)CC2C(O)C3CC2C1C3. The molecular weight excluding hydrogens is 176 g/mol. The summed E-state index contributed by atoms with van der Waals surface area (Å²) in [5, 5.41) is 9.59. The molecule has 0 radical (unpaired) electrons. The van der Waals surface area contributed by atoms with Crippen molar-refractivity contribution < 1.29 is 13.5 Å². The maximum atomic E-state index is 11.5. The molecule has 1 N–H and O–H groups in total. The van der Waals surface area contributed by atoms with Crippen LogP contribution in [0.3, 0.4) is 0 Å². The molecule has 5 atom stereocenters. The summed E-state index contributed by atoms with van der Waals surface area (Å²) in [4.78, 5) is 0. The Morgan fingerprint density at radius 3 is 2.50 bits per heavy atom. The predicted octanol–water partition coefficient (Wildman–Crippen LogP) is -0.200. The molecule has 0 aromatic carbocycles. The molecule has 3 fully saturated rings. The maximum Gasteiger partial charge on any atom is 0.153 e. The molecule has 3 aliphatic rings. The molecule has 1 heterocycles. The first-order valence-electron chi connectivity index (χ1n) is 4.49. The van der Waals surface area contributed by atoms with Crippen LogP contribution in [0.1, 0.15) is 12.8 Å². The van der Waals surface area contributed by atoms with Gasteiger partial charge in [-0.1, -0.05) is 0 Å². The molecule has 2 bridgehead atoms. The number of fused-ring (bicyclic) bond motifs is 1. The van der Waals surface area contributed by atoms with Gasteiger partial charge in [0.1, 0.15) is 0 Å². The molecule has 3 rings (SSSR count). The fourth-order valence-electron chi connectivity index (χ4n) is 3.43.